The van der Waals surface area contributed by atoms with E-state index in [4.69, 9.17) is 0 Å². The molecule has 0 spiro atoms. The molecule has 0 bridgehead atoms. The van der Waals surface area contributed by atoms with E-state index in [1.54, 1.807) is 0 Å². The minimum Gasteiger partial charge on any atom is -0.469 e. The number of esters is 1. The summed E-state index contributed by atoms with van der Waals surface area (Å²) in [7, 11) is 1.43. The van der Waals surface area contributed by atoms with Gasteiger partial charge in [0.25, 0.3) is 0 Å². The Morgan fingerprint density at radius 1 is 1.89 bits per heavy atom. The van der Waals surface area contributed by atoms with Crippen LogP contribution in [-0.2, 0) is 9.53 Å². The second-order valence-electron chi connectivity index (χ2n) is 2.35. The Hall–Kier alpha value is -0.530. The predicted octanol–water partition coefficient (Wildman–Crippen LogP) is 1.16. The predicted molar refractivity (Wildman–Crippen MR) is 33.7 cm³/mol. The molecule has 9 heavy (non-hydrogen) atoms. The average Bonchev–Trinajstić information content (AvgIpc) is 2.65. The van der Waals surface area contributed by atoms with Crippen molar-refractivity contribution >= 4 is 5.97 Å². The fourth-order valence-corrected chi connectivity index (χ4v) is 0.737. The molecule has 0 saturated heterocycles. The van der Waals surface area contributed by atoms with E-state index in [1.165, 1.54) is 13.5 Å². The van der Waals surface area contributed by atoms with E-state index in [1.807, 2.05) is 0 Å². The number of rotatable bonds is 3. The first-order valence-corrected chi connectivity index (χ1v) is 3.23. The summed E-state index contributed by atoms with van der Waals surface area (Å²) in [5.41, 5.74) is 0. The first-order chi connectivity index (χ1) is 4.33. The molecule has 0 heterocycles. The van der Waals surface area contributed by atoms with E-state index in [0.29, 0.717) is 12.3 Å². The molecule has 0 N–H and O–H groups in total. The van der Waals surface area contributed by atoms with Crippen LogP contribution in [0.5, 0.6) is 0 Å². The first-order valence-electron chi connectivity index (χ1n) is 3.23. The normalized spacial score (nSPS) is 17.4. The van der Waals surface area contributed by atoms with Gasteiger partial charge < -0.3 is 4.74 Å². The second-order valence-corrected chi connectivity index (χ2v) is 2.35. The third-order valence-electron chi connectivity index (χ3n) is 1.52. The molecule has 1 radical (unpaired) electrons. The highest BCUT2D eigenvalue weighted by atomic mass is 16.5. The number of hydrogen-bond donors (Lipinski definition) is 0. The summed E-state index contributed by atoms with van der Waals surface area (Å²) in [5, 5.41) is 0. The summed E-state index contributed by atoms with van der Waals surface area (Å²) < 4.78 is 4.48. The number of carbonyl (C=O) groups is 1. The van der Waals surface area contributed by atoms with Crippen LogP contribution in [-0.4, -0.2) is 13.1 Å². The summed E-state index contributed by atoms with van der Waals surface area (Å²) in [6.07, 6.45) is 4.96. The lowest BCUT2D eigenvalue weighted by molar-refractivity contribution is -0.140. The van der Waals surface area contributed by atoms with Crippen molar-refractivity contribution in [3.05, 3.63) is 6.42 Å². The van der Waals surface area contributed by atoms with Crippen LogP contribution in [0.25, 0.3) is 0 Å². The summed E-state index contributed by atoms with van der Waals surface area (Å²) in [6.45, 7) is 0. The highest BCUT2D eigenvalue weighted by Crippen LogP contribution is 2.31. The van der Waals surface area contributed by atoms with Crippen molar-refractivity contribution in [2.75, 3.05) is 7.11 Å². The van der Waals surface area contributed by atoms with Crippen molar-refractivity contribution in [3.63, 3.8) is 0 Å². The van der Waals surface area contributed by atoms with Gasteiger partial charge in [-0.25, -0.2) is 0 Å². The van der Waals surface area contributed by atoms with Crippen LogP contribution in [0.2, 0.25) is 0 Å². The molecule has 0 aromatic heterocycles. The van der Waals surface area contributed by atoms with Gasteiger partial charge in [0.2, 0.25) is 0 Å². The minimum absolute atomic E-state index is 0.0877. The molecular weight excluding hydrogens is 116 g/mol. The summed E-state index contributed by atoms with van der Waals surface area (Å²) in [6, 6.07) is 0. The second kappa shape index (κ2) is 2.85. The molecule has 2 heteroatoms. The molecule has 1 rings (SSSR count). The maximum atomic E-state index is 10.5. The van der Waals surface area contributed by atoms with Crippen LogP contribution >= 0.6 is 0 Å². The van der Waals surface area contributed by atoms with Crippen molar-refractivity contribution < 1.29 is 9.53 Å². The molecule has 0 aliphatic heterocycles. The lowest BCUT2D eigenvalue weighted by Gasteiger charge is -1.94. The number of carbonyl (C=O) groups excluding carboxylic acids is 1. The lowest BCUT2D eigenvalue weighted by Crippen LogP contribution is -1.99. The van der Waals surface area contributed by atoms with Crippen molar-refractivity contribution in [2.24, 2.45) is 5.92 Å². The molecule has 0 amide bonds. The Labute approximate surface area is 55.2 Å². The van der Waals surface area contributed by atoms with E-state index >= 15 is 0 Å². The Balaban J connectivity index is 1.96. The number of hydrogen-bond acceptors (Lipinski definition) is 2. The number of ether oxygens (including phenoxy) is 1. The third kappa shape index (κ3) is 2.49. The monoisotopic (exact) mass is 127 g/mol. The van der Waals surface area contributed by atoms with Gasteiger partial charge in [0.1, 0.15) is 0 Å². The van der Waals surface area contributed by atoms with Crippen molar-refractivity contribution in [1.82, 2.24) is 0 Å². The molecule has 1 unspecified atom stereocenters. The van der Waals surface area contributed by atoms with Gasteiger partial charge in [0, 0.05) is 6.42 Å². The minimum atomic E-state index is -0.0877. The summed E-state index contributed by atoms with van der Waals surface area (Å²) >= 11 is 0. The Kier molecular flexibility index (Phi) is 2.09. The van der Waals surface area contributed by atoms with E-state index in [2.05, 4.69) is 11.2 Å². The SMILES string of the molecule is COC(=O)CCC1[CH]C1. The summed E-state index contributed by atoms with van der Waals surface area (Å²) in [4.78, 5) is 10.5. The molecular formula is C7H11O2. The van der Waals surface area contributed by atoms with Gasteiger partial charge in [-0.15, -0.1) is 0 Å². The smallest absolute Gasteiger partial charge is 0.305 e. The van der Waals surface area contributed by atoms with Crippen LogP contribution < -0.4 is 0 Å². The van der Waals surface area contributed by atoms with Crippen LogP contribution in [0.1, 0.15) is 19.3 Å². The molecule has 1 atom stereocenters. The molecule has 0 aromatic rings. The van der Waals surface area contributed by atoms with Crippen LogP contribution in [0.15, 0.2) is 0 Å². The lowest BCUT2D eigenvalue weighted by atomic mass is 10.2. The number of methoxy groups -OCH3 is 1. The van der Waals surface area contributed by atoms with E-state index in [9.17, 15) is 4.79 Å². The molecule has 1 aliphatic carbocycles. The Morgan fingerprint density at radius 2 is 2.56 bits per heavy atom. The van der Waals surface area contributed by atoms with Crippen molar-refractivity contribution in [2.45, 2.75) is 19.3 Å². The van der Waals surface area contributed by atoms with Crippen LogP contribution in [0, 0.1) is 12.3 Å². The van der Waals surface area contributed by atoms with Gasteiger partial charge in [-0.2, -0.15) is 0 Å². The van der Waals surface area contributed by atoms with Gasteiger partial charge in [0.05, 0.1) is 7.11 Å². The standard InChI is InChI=1S/C7H11O2/c1-9-7(8)5-4-6-2-3-6/h2,6H,3-5H2,1H3. The maximum absolute atomic E-state index is 10.5. The molecule has 1 saturated carbocycles. The quantitative estimate of drug-likeness (QED) is 0.532. The maximum Gasteiger partial charge on any atom is 0.305 e. The first kappa shape index (κ1) is 6.59. The highest BCUT2D eigenvalue weighted by molar-refractivity contribution is 5.69. The fraction of sp³-hybridized carbons (Fsp3) is 0.714. The largest absolute Gasteiger partial charge is 0.469 e. The Morgan fingerprint density at radius 3 is 3.00 bits per heavy atom. The zero-order chi connectivity index (χ0) is 6.69. The summed E-state index contributed by atoms with van der Waals surface area (Å²) in [5.74, 6) is 0.624. The van der Waals surface area contributed by atoms with Crippen LogP contribution in [0.4, 0.5) is 0 Å². The van der Waals surface area contributed by atoms with Gasteiger partial charge in [-0.3, -0.25) is 4.79 Å². The van der Waals surface area contributed by atoms with Gasteiger partial charge in [0.15, 0.2) is 0 Å². The van der Waals surface area contributed by atoms with Crippen LogP contribution in [0.3, 0.4) is 0 Å². The van der Waals surface area contributed by atoms with E-state index in [-0.39, 0.29) is 5.97 Å². The topological polar surface area (TPSA) is 26.3 Å². The average molecular weight is 127 g/mol. The molecule has 1 aliphatic rings. The van der Waals surface area contributed by atoms with Crippen molar-refractivity contribution in [1.29, 1.82) is 0 Å². The highest BCUT2D eigenvalue weighted by Gasteiger charge is 2.22. The van der Waals surface area contributed by atoms with Gasteiger partial charge in [-0.1, -0.05) is 0 Å². The van der Waals surface area contributed by atoms with Crippen molar-refractivity contribution in [3.8, 4) is 0 Å². The molecule has 2 nitrogen and oxygen atoms in total. The van der Waals surface area contributed by atoms with E-state index in [0.717, 1.165) is 6.42 Å². The van der Waals surface area contributed by atoms with Gasteiger partial charge >= 0.3 is 5.97 Å². The zero-order valence-corrected chi connectivity index (χ0v) is 5.59. The zero-order valence-electron chi connectivity index (χ0n) is 5.59. The Bertz CT molecular complexity index is 105. The molecule has 1 fully saturated rings. The molecule has 0 aromatic carbocycles. The van der Waals surface area contributed by atoms with E-state index < -0.39 is 0 Å². The molecule has 51 valence electrons. The third-order valence-corrected chi connectivity index (χ3v) is 1.52. The van der Waals surface area contributed by atoms with Gasteiger partial charge in [-0.05, 0) is 25.2 Å². The fourth-order valence-electron chi connectivity index (χ4n) is 0.737.